The van der Waals surface area contributed by atoms with E-state index in [1.54, 1.807) is 7.05 Å². The molecule has 1 aromatic rings. The summed E-state index contributed by atoms with van der Waals surface area (Å²) < 4.78 is 1.42. The molecule has 1 N–H and O–H groups in total. The predicted molar refractivity (Wildman–Crippen MR) is 39.1 cm³/mol. The number of nitrogens with one attached hydrogen (secondary N) is 1. The van der Waals surface area contributed by atoms with Crippen molar-refractivity contribution in [3.05, 3.63) is 22.0 Å². The number of hydrogen-bond donors (Lipinski definition) is 1. The van der Waals surface area contributed by atoms with Crippen molar-refractivity contribution >= 4 is 23.2 Å². The molecule has 3 nitrogen and oxygen atoms in total. The Balaban J connectivity index is 3.46. The Morgan fingerprint density at radius 2 is 2.20 bits per heavy atom. The van der Waals surface area contributed by atoms with Crippen LogP contribution in [0.15, 0.2) is 6.07 Å². The minimum atomic E-state index is 0.220. The van der Waals surface area contributed by atoms with E-state index in [0.29, 0.717) is 0 Å². The highest BCUT2D eigenvalue weighted by molar-refractivity contribution is 6.31. The first-order valence-electron chi connectivity index (χ1n) is 2.55. The zero-order valence-corrected chi connectivity index (χ0v) is 6.74. The van der Waals surface area contributed by atoms with Crippen LogP contribution in [-0.2, 0) is 7.05 Å². The molecule has 0 aliphatic rings. The second kappa shape index (κ2) is 2.60. The Bertz CT molecular complexity index is 304. The van der Waals surface area contributed by atoms with Gasteiger partial charge in [-0.1, -0.05) is 11.6 Å². The molecule has 0 radical (unpaired) electrons. The van der Waals surface area contributed by atoms with Crippen molar-refractivity contribution in [1.82, 2.24) is 9.55 Å². The zero-order chi connectivity index (χ0) is 7.72. The maximum atomic E-state index is 7.26. The molecule has 0 amide bonds. The third-order valence-corrected chi connectivity index (χ3v) is 1.62. The number of nitrogens with zero attached hydrogens (tertiary/aromatic N) is 2. The van der Waals surface area contributed by atoms with Gasteiger partial charge in [-0.05, 0) is 11.6 Å². The van der Waals surface area contributed by atoms with E-state index in [1.165, 1.54) is 10.6 Å². The highest BCUT2D eigenvalue weighted by Crippen LogP contribution is 2.04. The number of aromatic nitrogens is 2. The number of rotatable bonds is 0. The maximum Gasteiger partial charge on any atom is 0.205 e. The Morgan fingerprint density at radius 3 is 2.70 bits per heavy atom. The normalized spacial score (nSPS) is 9.90. The molecule has 0 aromatic carbocycles. The summed E-state index contributed by atoms with van der Waals surface area (Å²) in [6.07, 6.45) is 0. The van der Waals surface area contributed by atoms with Gasteiger partial charge in [0.05, 0.1) is 0 Å². The number of halogens is 2. The van der Waals surface area contributed by atoms with Crippen LogP contribution in [0.4, 0.5) is 0 Å². The fourth-order valence-corrected chi connectivity index (χ4v) is 0.913. The van der Waals surface area contributed by atoms with Gasteiger partial charge in [0.1, 0.15) is 10.6 Å². The Labute approximate surface area is 67.7 Å². The minimum absolute atomic E-state index is 0.220. The Hall–Kier alpha value is -0.540. The van der Waals surface area contributed by atoms with Crippen LogP contribution < -0.4 is 5.49 Å². The third kappa shape index (κ3) is 1.30. The highest BCUT2D eigenvalue weighted by Gasteiger charge is 1.96. The molecule has 0 unspecified atom stereocenters. The van der Waals surface area contributed by atoms with E-state index in [4.69, 9.17) is 28.6 Å². The first-order chi connectivity index (χ1) is 4.61. The van der Waals surface area contributed by atoms with Crippen LogP contribution in [0.1, 0.15) is 0 Å². The highest BCUT2D eigenvalue weighted by atomic mass is 35.5. The van der Waals surface area contributed by atoms with Gasteiger partial charge < -0.3 is 4.57 Å². The first-order valence-corrected chi connectivity index (χ1v) is 3.30. The summed E-state index contributed by atoms with van der Waals surface area (Å²) in [5.74, 6) is 0. The molecule has 1 aromatic heterocycles. The van der Waals surface area contributed by atoms with E-state index in [1.807, 2.05) is 0 Å². The molecule has 0 atom stereocenters. The van der Waals surface area contributed by atoms with Gasteiger partial charge in [-0.15, -0.1) is 0 Å². The predicted octanol–water partition coefficient (Wildman–Crippen LogP) is 1.21. The lowest BCUT2D eigenvalue weighted by Crippen LogP contribution is -2.17. The van der Waals surface area contributed by atoms with E-state index in [9.17, 15) is 0 Å². The molecule has 10 heavy (non-hydrogen) atoms. The zero-order valence-electron chi connectivity index (χ0n) is 5.23. The molecule has 0 saturated heterocycles. The fourth-order valence-electron chi connectivity index (χ4n) is 0.504. The van der Waals surface area contributed by atoms with Crippen LogP contribution in [0.2, 0.25) is 10.4 Å². The SMILES string of the molecule is Cn1c(Cl)nc(Cl)cc1=N. The van der Waals surface area contributed by atoms with Crippen molar-refractivity contribution in [3.63, 3.8) is 0 Å². The summed E-state index contributed by atoms with van der Waals surface area (Å²) in [5.41, 5.74) is 0.241. The fraction of sp³-hybridized carbons (Fsp3) is 0.200. The lowest BCUT2D eigenvalue weighted by atomic mass is 10.6. The smallest absolute Gasteiger partial charge is 0.205 e. The van der Waals surface area contributed by atoms with E-state index >= 15 is 0 Å². The standard InChI is InChI=1S/C5H5Cl2N3/c1-10-4(8)2-3(6)9-5(10)7/h2,8H,1H3. The molecule has 0 aliphatic heterocycles. The van der Waals surface area contributed by atoms with Gasteiger partial charge in [-0.3, -0.25) is 5.41 Å². The molecular formula is C5H5Cl2N3. The lowest BCUT2D eigenvalue weighted by Gasteiger charge is -1.99. The van der Waals surface area contributed by atoms with E-state index in [2.05, 4.69) is 4.98 Å². The van der Waals surface area contributed by atoms with Crippen molar-refractivity contribution in [2.75, 3.05) is 0 Å². The van der Waals surface area contributed by atoms with E-state index < -0.39 is 0 Å². The summed E-state index contributed by atoms with van der Waals surface area (Å²) in [5, 5.41) is 7.72. The summed E-state index contributed by atoms with van der Waals surface area (Å²) >= 11 is 11.1. The van der Waals surface area contributed by atoms with Gasteiger partial charge in [-0.2, -0.15) is 0 Å². The Kier molecular flexibility index (Phi) is 1.97. The van der Waals surface area contributed by atoms with Crippen molar-refractivity contribution in [2.45, 2.75) is 0 Å². The number of hydrogen-bond acceptors (Lipinski definition) is 2. The monoisotopic (exact) mass is 177 g/mol. The van der Waals surface area contributed by atoms with Crippen LogP contribution >= 0.6 is 23.2 Å². The lowest BCUT2D eigenvalue weighted by molar-refractivity contribution is 0.788. The summed E-state index contributed by atoms with van der Waals surface area (Å²) in [6.45, 7) is 0. The van der Waals surface area contributed by atoms with Gasteiger partial charge in [0, 0.05) is 13.1 Å². The van der Waals surface area contributed by atoms with Gasteiger partial charge >= 0.3 is 0 Å². The average Bonchev–Trinajstić information content (AvgIpc) is 1.82. The molecule has 0 bridgehead atoms. The molecular weight excluding hydrogens is 173 g/mol. The second-order valence-corrected chi connectivity index (χ2v) is 2.52. The maximum absolute atomic E-state index is 7.26. The largest absolute Gasteiger partial charge is 0.305 e. The van der Waals surface area contributed by atoms with Crippen LogP contribution in [0.25, 0.3) is 0 Å². The summed E-state index contributed by atoms with van der Waals surface area (Å²) in [4.78, 5) is 3.71. The van der Waals surface area contributed by atoms with Crippen LogP contribution in [0.5, 0.6) is 0 Å². The third-order valence-electron chi connectivity index (χ3n) is 1.09. The van der Waals surface area contributed by atoms with Crippen molar-refractivity contribution < 1.29 is 0 Å². The molecule has 0 aliphatic carbocycles. The molecule has 0 fully saturated rings. The van der Waals surface area contributed by atoms with Crippen LogP contribution in [0, 0.1) is 5.41 Å². The van der Waals surface area contributed by atoms with E-state index in [-0.39, 0.29) is 15.9 Å². The van der Waals surface area contributed by atoms with Gasteiger partial charge in [0.2, 0.25) is 5.28 Å². The Morgan fingerprint density at radius 1 is 1.60 bits per heavy atom. The molecule has 0 spiro atoms. The molecule has 5 heteroatoms. The molecule has 54 valence electrons. The first kappa shape index (κ1) is 7.57. The summed E-state index contributed by atoms with van der Waals surface area (Å²) in [7, 11) is 1.65. The van der Waals surface area contributed by atoms with Crippen LogP contribution in [0.3, 0.4) is 0 Å². The van der Waals surface area contributed by atoms with Gasteiger partial charge in [0.25, 0.3) is 0 Å². The average molecular weight is 178 g/mol. The van der Waals surface area contributed by atoms with Crippen molar-refractivity contribution in [2.24, 2.45) is 7.05 Å². The van der Waals surface area contributed by atoms with Crippen LogP contribution in [-0.4, -0.2) is 9.55 Å². The molecule has 1 heterocycles. The topological polar surface area (TPSA) is 41.7 Å². The van der Waals surface area contributed by atoms with Gasteiger partial charge in [0.15, 0.2) is 0 Å². The molecule has 1 rings (SSSR count). The van der Waals surface area contributed by atoms with Crippen molar-refractivity contribution in [1.29, 1.82) is 5.41 Å². The second-order valence-electron chi connectivity index (χ2n) is 1.79. The van der Waals surface area contributed by atoms with Crippen molar-refractivity contribution in [3.8, 4) is 0 Å². The summed E-state index contributed by atoms with van der Waals surface area (Å²) in [6, 6.07) is 1.42. The quantitative estimate of drug-likeness (QED) is 0.470. The van der Waals surface area contributed by atoms with Gasteiger partial charge in [-0.25, -0.2) is 4.98 Å². The van der Waals surface area contributed by atoms with E-state index in [0.717, 1.165) is 0 Å². The minimum Gasteiger partial charge on any atom is -0.305 e. The molecule has 0 saturated carbocycles.